The Morgan fingerprint density at radius 3 is 2.77 bits per heavy atom. The summed E-state index contributed by atoms with van der Waals surface area (Å²) in [5, 5.41) is 19.7. The Morgan fingerprint density at radius 2 is 2.03 bits per heavy atom. The topological polar surface area (TPSA) is 138 Å². The van der Waals surface area contributed by atoms with Gasteiger partial charge in [-0.15, -0.1) is 5.10 Å². The molecule has 13 heteroatoms. The van der Waals surface area contributed by atoms with E-state index in [0.717, 1.165) is 34.2 Å². The van der Waals surface area contributed by atoms with Crippen LogP contribution < -0.4 is 10.1 Å². The molecule has 2 saturated heterocycles. The number of likely N-dealkylation sites (tertiary alicyclic amines) is 1. The summed E-state index contributed by atoms with van der Waals surface area (Å²) in [6.07, 6.45) is 4.40. The standard InChI is InChI=1S/C26H30N6O5S2/c33-21-13-22-25(34)28-26(5-9-31(10-6-26)15-20-17-38-30-29-20)7-11-37-23-12-18(19-2-1-8-27-14-19)3-4-24(23)39(35,36)32(22)16-21/h1-4,8,12,14,17,21-22,33H,5-7,9-11,13,15-16H2,(H,28,34)/t21-,22+/m1/s1. The zero-order chi connectivity index (χ0) is 27.0. The summed E-state index contributed by atoms with van der Waals surface area (Å²) in [7, 11) is -4.13. The van der Waals surface area contributed by atoms with Gasteiger partial charge in [-0.25, -0.2) is 8.42 Å². The number of amides is 1. The molecule has 0 saturated carbocycles. The van der Waals surface area contributed by atoms with E-state index in [1.807, 2.05) is 17.5 Å². The Labute approximate surface area is 231 Å². The molecule has 0 radical (unpaired) electrons. The van der Waals surface area contributed by atoms with Crippen molar-refractivity contribution in [2.75, 3.05) is 26.2 Å². The summed E-state index contributed by atoms with van der Waals surface area (Å²) in [5.74, 6) is -0.142. The maximum absolute atomic E-state index is 13.9. The number of aliphatic hydroxyl groups is 1. The monoisotopic (exact) mass is 570 g/mol. The highest BCUT2D eigenvalue weighted by molar-refractivity contribution is 7.89. The first kappa shape index (κ1) is 26.3. The van der Waals surface area contributed by atoms with Gasteiger partial charge in [0.2, 0.25) is 15.9 Å². The molecule has 3 aliphatic rings. The van der Waals surface area contributed by atoms with Crippen molar-refractivity contribution in [2.45, 2.75) is 54.8 Å². The number of sulfonamides is 1. The highest BCUT2D eigenvalue weighted by Crippen LogP contribution is 2.37. The molecule has 206 valence electrons. The zero-order valence-electron chi connectivity index (χ0n) is 21.3. The molecule has 1 amide bonds. The second-order valence-electron chi connectivity index (χ2n) is 10.4. The van der Waals surface area contributed by atoms with Crippen LogP contribution in [0.3, 0.4) is 0 Å². The number of nitrogens with zero attached hydrogens (tertiary/aromatic N) is 5. The molecule has 1 aromatic carbocycles. The molecule has 39 heavy (non-hydrogen) atoms. The smallest absolute Gasteiger partial charge is 0.247 e. The second-order valence-corrected chi connectivity index (χ2v) is 12.9. The molecule has 2 atom stereocenters. The minimum Gasteiger partial charge on any atom is -0.492 e. The number of ether oxygens (including phenoxy) is 1. The van der Waals surface area contributed by atoms with E-state index in [9.17, 15) is 18.3 Å². The van der Waals surface area contributed by atoms with Crippen molar-refractivity contribution in [3.63, 3.8) is 0 Å². The molecule has 0 aliphatic carbocycles. The van der Waals surface area contributed by atoms with Gasteiger partial charge in [0, 0.05) is 67.9 Å². The second kappa shape index (κ2) is 10.5. The van der Waals surface area contributed by atoms with E-state index < -0.39 is 27.7 Å². The maximum atomic E-state index is 13.9. The Kier molecular flexibility index (Phi) is 7.10. The summed E-state index contributed by atoms with van der Waals surface area (Å²) >= 11 is 1.33. The molecule has 11 nitrogen and oxygen atoms in total. The summed E-state index contributed by atoms with van der Waals surface area (Å²) < 4.78 is 39.0. The average molecular weight is 571 g/mol. The van der Waals surface area contributed by atoms with E-state index in [4.69, 9.17) is 4.74 Å². The molecule has 3 aromatic rings. The van der Waals surface area contributed by atoms with E-state index in [-0.39, 0.29) is 36.1 Å². The van der Waals surface area contributed by atoms with Crippen LogP contribution in [0.15, 0.2) is 53.0 Å². The Balaban J connectivity index is 1.32. The zero-order valence-corrected chi connectivity index (χ0v) is 22.9. The molecule has 1 spiro atoms. The Hall–Kier alpha value is -2.97. The molecule has 6 rings (SSSR count). The maximum Gasteiger partial charge on any atom is 0.247 e. The number of nitrogens with one attached hydrogen (secondary N) is 1. The first-order valence-electron chi connectivity index (χ1n) is 13.0. The number of pyridine rings is 1. The highest BCUT2D eigenvalue weighted by atomic mass is 32.2. The third-order valence-electron chi connectivity index (χ3n) is 7.89. The van der Waals surface area contributed by atoms with Crippen LogP contribution in [0.1, 0.15) is 31.4 Å². The van der Waals surface area contributed by atoms with E-state index >= 15 is 0 Å². The molecular formula is C26H30N6O5S2. The normalized spacial score (nSPS) is 25.2. The number of aromatic nitrogens is 3. The third kappa shape index (κ3) is 5.29. The van der Waals surface area contributed by atoms with E-state index in [1.165, 1.54) is 17.6 Å². The van der Waals surface area contributed by atoms with Crippen LogP contribution in [0.2, 0.25) is 0 Å². The SMILES string of the molecule is O=C1NC2(CCOc3cc(-c4cccnc4)ccc3S(=O)(=O)N3C[C@H](O)C[C@@H]13)CCN(Cc1csnn1)CC2. The van der Waals surface area contributed by atoms with Crippen molar-refractivity contribution in [1.82, 2.24) is 29.1 Å². The average Bonchev–Trinajstić information content (AvgIpc) is 3.60. The summed E-state index contributed by atoms with van der Waals surface area (Å²) in [6.45, 7) is 2.28. The van der Waals surface area contributed by atoms with E-state index in [0.29, 0.717) is 25.8 Å². The van der Waals surface area contributed by atoms with Gasteiger partial charge in [-0.1, -0.05) is 16.6 Å². The van der Waals surface area contributed by atoms with Gasteiger partial charge in [-0.3, -0.25) is 14.7 Å². The van der Waals surface area contributed by atoms with Crippen LogP contribution in [0, 0.1) is 0 Å². The lowest BCUT2D eigenvalue weighted by Gasteiger charge is -2.43. The predicted molar refractivity (Wildman–Crippen MR) is 143 cm³/mol. The van der Waals surface area contributed by atoms with E-state index in [1.54, 1.807) is 24.5 Å². The summed E-state index contributed by atoms with van der Waals surface area (Å²) in [5.41, 5.74) is 1.98. The van der Waals surface area contributed by atoms with Gasteiger partial charge in [0.15, 0.2) is 0 Å². The summed E-state index contributed by atoms with van der Waals surface area (Å²) in [4.78, 5) is 20.1. The number of hydrogen-bond donors (Lipinski definition) is 2. The lowest BCUT2D eigenvalue weighted by atomic mass is 9.84. The molecule has 0 bridgehead atoms. The molecule has 2 N–H and O–H groups in total. The Morgan fingerprint density at radius 1 is 1.18 bits per heavy atom. The number of carbonyl (C=O) groups is 1. The fraction of sp³-hybridized carbons (Fsp3) is 0.462. The van der Waals surface area contributed by atoms with Crippen LogP contribution in [-0.4, -0.2) is 87.1 Å². The van der Waals surface area contributed by atoms with Crippen LogP contribution in [-0.2, 0) is 21.4 Å². The number of rotatable bonds is 3. The van der Waals surface area contributed by atoms with Crippen molar-refractivity contribution in [3.05, 3.63) is 53.8 Å². The van der Waals surface area contributed by atoms with Gasteiger partial charge >= 0.3 is 0 Å². The minimum atomic E-state index is -4.13. The molecule has 2 fully saturated rings. The summed E-state index contributed by atoms with van der Waals surface area (Å²) in [6, 6.07) is 7.67. The molecule has 5 heterocycles. The van der Waals surface area contributed by atoms with Crippen molar-refractivity contribution in [3.8, 4) is 16.9 Å². The van der Waals surface area contributed by atoms with E-state index in [2.05, 4.69) is 24.8 Å². The van der Waals surface area contributed by atoms with Gasteiger partial charge in [0.25, 0.3) is 0 Å². The van der Waals surface area contributed by atoms with Gasteiger partial charge < -0.3 is 15.2 Å². The Bertz CT molecular complexity index is 1430. The number of carbonyl (C=O) groups excluding carboxylic acids is 1. The number of aliphatic hydroxyl groups excluding tert-OH is 1. The number of fused-ring (bicyclic) bond motifs is 2. The van der Waals surface area contributed by atoms with Crippen LogP contribution in [0.25, 0.3) is 11.1 Å². The predicted octanol–water partition coefficient (Wildman–Crippen LogP) is 1.66. The molecule has 2 aromatic heterocycles. The molecule has 0 unspecified atom stereocenters. The van der Waals surface area contributed by atoms with Crippen molar-refractivity contribution in [2.24, 2.45) is 0 Å². The van der Waals surface area contributed by atoms with Crippen LogP contribution >= 0.6 is 11.5 Å². The number of benzene rings is 1. The van der Waals surface area contributed by atoms with Crippen LogP contribution in [0.4, 0.5) is 0 Å². The van der Waals surface area contributed by atoms with Gasteiger partial charge in [-0.2, -0.15) is 4.31 Å². The fourth-order valence-electron chi connectivity index (χ4n) is 5.72. The third-order valence-corrected chi connectivity index (χ3v) is 10.4. The number of hydrogen-bond acceptors (Lipinski definition) is 10. The first-order valence-corrected chi connectivity index (χ1v) is 15.3. The molecule has 3 aliphatic heterocycles. The van der Waals surface area contributed by atoms with Crippen molar-refractivity contribution >= 4 is 27.5 Å². The largest absolute Gasteiger partial charge is 0.492 e. The highest BCUT2D eigenvalue weighted by Gasteiger charge is 2.47. The van der Waals surface area contributed by atoms with Crippen LogP contribution in [0.5, 0.6) is 5.75 Å². The van der Waals surface area contributed by atoms with Gasteiger partial charge in [-0.05, 0) is 48.1 Å². The molecular weight excluding hydrogens is 540 g/mol. The lowest BCUT2D eigenvalue weighted by molar-refractivity contribution is -0.127. The number of piperidine rings is 1. The lowest BCUT2D eigenvalue weighted by Crippen LogP contribution is -2.59. The fourth-order valence-corrected chi connectivity index (χ4v) is 7.91. The van der Waals surface area contributed by atoms with Gasteiger partial charge in [0.1, 0.15) is 16.7 Å². The van der Waals surface area contributed by atoms with Gasteiger partial charge in [0.05, 0.1) is 18.4 Å². The first-order chi connectivity index (χ1) is 18.8. The quantitative estimate of drug-likeness (QED) is 0.481. The van der Waals surface area contributed by atoms with Crippen molar-refractivity contribution < 1.29 is 23.1 Å². The van der Waals surface area contributed by atoms with Crippen molar-refractivity contribution in [1.29, 1.82) is 0 Å². The minimum absolute atomic E-state index is 0.00955.